The van der Waals surface area contributed by atoms with Crippen LogP contribution in [-0.2, 0) is 68.7 Å². The Hall–Kier alpha value is -7.22. The molecule has 17 atom stereocenters. The molecule has 2 rings (SSSR count). The summed E-state index contributed by atoms with van der Waals surface area (Å²) in [6.45, 7) is 20.8. The van der Waals surface area contributed by atoms with Gasteiger partial charge in [0.25, 0.3) is 0 Å². The molecule has 90 heavy (non-hydrogen) atoms. The van der Waals surface area contributed by atoms with E-state index < -0.39 is 168 Å². The molecule has 508 valence electrons. The maximum Gasteiger partial charge on any atom is 0.329 e. The van der Waals surface area contributed by atoms with Crippen LogP contribution < -0.4 is 64.6 Å². The van der Waals surface area contributed by atoms with E-state index in [1.807, 2.05) is 51.1 Å². The summed E-state index contributed by atoms with van der Waals surface area (Å²) in [4.78, 5) is 165. The number of benzene rings is 1. The van der Waals surface area contributed by atoms with Gasteiger partial charge in [-0.2, -0.15) is 0 Å². The van der Waals surface area contributed by atoms with E-state index in [1.165, 1.54) is 13.8 Å². The topological polar surface area (TPSA) is 407 Å². The van der Waals surface area contributed by atoms with Crippen LogP contribution in [0.1, 0.15) is 173 Å². The van der Waals surface area contributed by atoms with Gasteiger partial charge in [-0.25, -0.2) is 4.79 Å². The third kappa shape index (κ3) is 24.9. The van der Waals surface area contributed by atoms with Crippen LogP contribution in [0.3, 0.4) is 0 Å². The van der Waals surface area contributed by atoms with Gasteiger partial charge in [0.05, 0.1) is 12.6 Å². The number of nitrogens with one attached hydrogen (secondary N) is 10. The van der Waals surface area contributed by atoms with Gasteiger partial charge in [-0.05, 0) is 87.6 Å². The Morgan fingerprint density at radius 1 is 0.478 bits per heavy atom. The molecule has 0 saturated heterocycles. The second-order valence-corrected chi connectivity index (χ2v) is 24.6. The lowest BCUT2D eigenvalue weighted by atomic mass is 9.80. The fourth-order valence-corrected chi connectivity index (χ4v) is 10.4. The molecule has 0 bridgehead atoms. The zero-order chi connectivity index (χ0) is 68.1. The zero-order valence-corrected chi connectivity index (χ0v) is 55.6. The van der Waals surface area contributed by atoms with Crippen molar-refractivity contribution >= 4 is 70.9 Å². The number of esters is 1. The van der Waals surface area contributed by atoms with Gasteiger partial charge in [-0.15, -0.1) is 0 Å². The van der Waals surface area contributed by atoms with E-state index >= 15 is 0 Å². The quantitative estimate of drug-likeness (QED) is 0.0412. The van der Waals surface area contributed by atoms with E-state index in [0.717, 1.165) is 37.7 Å². The highest BCUT2D eigenvalue weighted by Gasteiger charge is 2.41. The third-order valence-corrected chi connectivity index (χ3v) is 17.9. The highest BCUT2D eigenvalue weighted by molar-refractivity contribution is 5.99. The van der Waals surface area contributed by atoms with Crippen molar-refractivity contribution in [3.63, 3.8) is 0 Å². The Labute approximate surface area is 532 Å². The van der Waals surface area contributed by atoms with Crippen LogP contribution in [0.25, 0.3) is 0 Å². The molecule has 1 saturated carbocycles. The molecule has 0 heterocycles. The Kier molecular flexibility index (Phi) is 34.9. The van der Waals surface area contributed by atoms with Gasteiger partial charge in [0.1, 0.15) is 60.5 Å². The zero-order valence-electron chi connectivity index (χ0n) is 55.6. The number of nitrogens with two attached hydrogens (primary N) is 2. The van der Waals surface area contributed by atoms with Crippen molar-refractivity contribution in [3.05, 3.63) is 35.9 Å². The molecule has 1 aliphatic rings. The monoisotopic (exact) mass is 1270 g/mol. The van der Waals surface area contributed by atoms with Crippen molar-refractivity contribution in [2.24, 2.45) is 52.9 Å². The SMILES string of the molecule is CC[C@@H](C)[C@@H](NC(=O)[C@@H](CCC(N)=O)NC(=O)[C@@H](NC(=O)[C@@H](NC(=O)[C@@H](Cc1ccccc1)NC)[C@@H](C)CC)[C@@H](C)CC)C(=O)N[C@H](C(=O)N[C@@H](CO)C(=O)N[C@@H](C(=O)N[C@@H](C)C(N)=O)[C@H](C)OC(=O)[C@@H](NC(=O)[C@@H](C)C1CCCCC1)[C@@H](C)CC)[C@@H](C)CC. The maximum absolute atomic E-state index is 14.5. The Bertz CT molecular complexity index is 2540. The van der Waals surface area contributed by atoms with Crippen LogP contribution in [0.15, 0.2) is 30.3 Å². The van der Waals surface area contributed by atoms with E-state index in [2.05, 4.69) is 53.2 Å². The number of likely N-dealkylation sites (N-methyl/N-ethyl adjacent to an activating group) is 1. The molecule has 26 nitrogen and oxygen atoms in total. The maximum atomic E-state index is 14.5. The van der Waals surface area contributed by atoms with Gasteiger partial charge in [-0.1, -0.05) is 158 Å². The van der Waals surface area contributed by atoms with Crippen LogP contribution in [0.4, 0.5) is 0 Å². The van der Waals surface area contributed by atoms with E-state index in [9.17, 15) is 62.6 Å². The molecule has 1 aliphatic carbocycles. The summed E-state index contributed by atoms with van der Waals surface area (Å²) >= 11 is 0. The average Bonchev–Trinajstić information content (AvgIpc) is 1.14. The predicted molar refractivity (Wildman–Crippen MR) is 339 cm³/mol. The lowest BCUT2D eigenvalue weighted by Crippen LogP contribution is -2.63. The number of hydrogen-bond donors (Lipinski definition) is 13. The van der Waals surface area contributed by atoms with E-state index in [1.54, 1.807) is 62.4 Å². The van der Waals surface area contributed by atoms with Crippen molar-refractivity contribution < 1.29 is 67.4 Å². The average molecular weight is 1270 g/mol. The minimum Gasteiger partial charge on any atom is -0.458 e. The van der Waals surface area contributed by atoms with E-state index in [0.29, 0.717) is 32.1 Å². The number of primary amides is 2. The number of hydrogen-bond acceptors (Lipinski definition) is 15. The molecule has 15 N–H and O–H groups in total. The van der Waals surface area contributed by atoms with Crippen LogP contribution in [0.5, 0.6) is 0 Å². The summed E-state index contributed by atoms with van der Waals surface area (Å²) in [5.41, 5.74) is 11.9. The number of ether oxygens (including phenoxy) is 1. The van der Waals surface area contributed by atoms with Gasteiger partial charge >= 0.3 is 5.97 Å². The molecule has 1 fully saturated rings. The van der Waals surface area contributed by atoms with Gasteiger partial charge in [0, 0.05) is 12.3 Å². The molecular formula is C64H108N12O14. The highest BCUT2D eigenvalue weighted by atomic mass is 16.5. The summed E-state index contributed by atoms with van der Waals surface area (Å²) in [5, 5.41) is 37.4. The Morgan fingerprint density at radius 3 is 1.28 bits per heavy atom. The molecule has 0 unspecified atom stereocenters. The third-order valence-electron chi connectivity index (χ3n) is 17.9. The lowest BCUT2D eigenvalue weighted by molar-refractivity contribution is -0.158. The van der Waals surface area contributed by atoms with Crippen molar-refractivity contribution in [1.82, 2.24) is 53.2 Å². The number of rotatable bonds is 40. The molecule has 0 radical (unpaired) electrons. The Balaban J connectivity index is 2.44. The molecule has 1 aromatic rings. The van der Waals surface area contributed by atoms with Gasteiger partial charge in [0.2, 0.25) is 65.0 Å². The van der Waals surface area contributed by atoms with E-state index in [-0.39, 0.29) is 37.0 Å². The van der Waals surface area contributed by atoms with E-state index in [4.69, 9.17) is 16.2 Å². The lowest BCUT2D eigenvalue weighted by Gasteiger charge is -2.32. The van der Waals surface area contributed by atoms with Crippen LogP contribution >= 0.6 is 0 Å². The first kappa shape index (κ1) is 78.9. The van der Waals surface area contributed by atoms with Gasteiger partial charge < -0.3 is 74.5 Å². The van der Waals surface area contributed by atoms with Crippen molar-refractivity contribution in [1.29, 1.82) is 0 Å². The number of carbonyl (C=O) groups excluding carboxylic acids is 12. The predicted octanol–water partition coefficient (Wildman–Crippen LogP) is 1.32. The summed E-state index contributed by atoms with van der Waals surface area (Å²) in [6.07, 6.45) is 4.87. The van der Waals surface area contributed by atoms with Crippen molar-refractivity contribution in [2.45, 2.75) is 240 Å². The largest absolute Gasteiger partial charge is 0.458 e. The minimum atomic E-state index is -1.81. The highest BCUT2D eigenvalue weighted by Crippen LogP contribution is 2.30. The van der Waals surface area contributed by atoms with Gasteiger partial charge in [-0.3, -0.25) is 52.7 Å². The molecule has 1 aromatic carbocycles. The molecule has 11 amide bonds. The summed E-state index contributed by atoms with van der Waals surface area (Å²) in [6, 6.07) is -4.00. The van der Waals surface area contributed by atoms with Gasteiger partial charge in [0.15, 0.2) is 0 Å². The minimum absolute atomic E-state index is 0.135. The first-order valence-electron chi connectivity index (χ1n) is 32.3. The van der Waals surface area contributed by atoms with Crippen LogP contribution in [0.2, 0.25) is 0 Å². The number of carbonyl (C=O) groups is 12. The first-order valence-corrected chi connectivity index (χ1v) is 32.3. The summed E-state index contributed by atoms with van der Waals surface area (Å²) in [7, 11) is 1.64. The smallest absolute Gasteiger partial charge is 0.329 e. The summed E-state index contributed by atoms with van der Waals surface area (Å²) < 4.78 is 5.79. The number of amides is 11. The fraction of sp³-hybridized carbons (Fsp3) is 0.719. The first-order chi connectivity index (χ1) is 42.4. The van der Waals surface area contributed by atoms with Crippen molar-refractivity contribution in [2.75, 3.05) is 13.7 Å². The molecule has 0 aliphatic heterocycles. The molecule has 0 spiro atoms. The Morgan fingerprint density at radius 2 is 0.856 bits per heavy atom. The second-order valence-electron chi connectivity index (χ2n) is 24.6. The molecule has 26 heteroatoms. The number of aliphatic hydroxyl groups excluding tert-OH is 1. The summed E-state index contributed by atoms with van der Waals surface area (Å²) in [5.74, 6) is -12.6. The van der Waals surface area contributed by atoms with Crippen LogP contribution in [-0.4, -0.2) is 156 Å². The second kappa shape index (κ2) is 39.8. The fourth-order valence-electron chi connectivity index (χ4n) is 10.4. The van der Waals surface area contributed by atoms with Crippen molar-refractivity contribution in [3.8, 4) is 0 Å². The number of aliphatic hydroxyl groups is 1. The molecule has 0 aromatic heterocycles. The standard InChI is InChI=1S/C64H108N12O14/c1-15-34(6)48(73-62(87)51(37(9)18-4)72-57(82)45(67-14)32-42-26-22-20-23-27-42)59(84)69-44(30-31-47(65)78)56(81)71-50(36(8)17-3)61(86)74-49(35(7)16-2)60(85)70-46(33-77)58(83)76-53(63(88)68-40(12)54(66)79)41(13)90-64(89)52(38(10)19-5)75-55(80)39(11)43-28-24-21-25-29-43/h20,22-23,26-27,34-41,43-46,48-53,67,77H,15-19,21,24-25,28-33H2,1-14H3,(H2,65,78)(H2,66,79)(H,68,88)(H,69,84)(H,70,85)(H,71,81)(H,72,82)(H,73,87)(H,74,86)(H,75,80)(H,76,83)/t34-,35-,36+,37-,38-,39-,40-,41-,44+,45+,46-,48-,49-,50+,51-,52-,53+/m0/s1. The normalized spacial score (nSPS) is 18.2. The molecular weight excluding hydrogens is 1160 g/mol. The van der Waals surface area contributed by atoms with Crippen LogP contribution in [0, 0.1) is 41.4 Å².